The van der Waals surface area contributed by atoms with E-state index in [0.717, 1.165) is 0 Å². The Morgan fingerprint density at radius 3 is 2.57 bits per heavy atom. The van der Waals surface area contributed by atoms with Crippen molar-refractivity contribution in [3.63, 3.8) is 0 Å². The highest BCUT2D eigenvalue weighted by molar-refractivity contribution is 7.96. The smallest absolute Gasteiger partial charge is 0.189 e. The number of nitrogens with zero attached hydrogens (tertiary/aromatic N) is 1. The summed E-state index contributed by atoms with van der Waals surface area (Å²) in [6, 6.07) is -1.22. The van der Waals surface area contributed by atoms with E-state index >= 15 is 8.78 Å². The van der Waals surface area contributed by atoms with Crippen molar-refractivity contribution in [1.29, 1.82) is 0 Å². The Kier molecular flexibility index (Phi) is 4.32. The van der Waals surface area contributed by atoms with Crippen molar-refractivity contribution in [3.05, 3.63) is 28.7 Å². The topological polar surface area (TPSA) is 63.6 Å². The van der Waals surface area contributed by atoms with Crippen LogP contribution in [0, 0.1) is 39.4 Å². The highest BCUT2D eigenvalue weighted by atomic mass is 32.1. The molecular weight excluding hydrogens is 384 g/mol. The molecule has 3 saturated carbocycles. The van der Waals surface area contributed by atoms with Crippen LogP contribution < -0.4 is 0 Å². The van der Waals surface area contributed by atoms with Crippen LogP contribution in [0.25, 0.3) is 0 Å². The highest BCUT2D eigenvalue weighted by Crippen LogP contribution is 2.70. The molecule has 0 aliphatic heterocycles. The molecule has 4 rings (SSSR count). The van der Waals surface area contributed by atoms with Gasteiger partial charge in [-0.15, -0.1) is 12.6 Å². The highest BCUT2D eigenvalue weighted by Gasteiger charge is 2.73. The van der Waals surface area contributed by atoms with Crippen molar-refractivity contribution >= 4 is 23.5 Å². The molecule has 152 valence electrons. The predicted octanol–water partition coefficient (Wildman–Crippen LogP) is 4.40. The van der Waals surface area contributed by atoms with Gasteiger partial charge in [0.1, 0.15) is 12.2 Å². The summed E-state index contributed by atoms with van der Waals surface area (Å²) in [6.45, 7) is 5.41. The third kappa shape index (κ3) is 2.22. The molecule has 0 amide bonds. The van der Waals surface area contributed by atoms with Gasteiger partial charge >= 0.3 is 0 Å². The van der Waals surface area contributed by atoms with Crippen molar-refractivity contribution in [2.24, 2.45) is 39.7 Å². The van der Waals surface area contributed by atoms with Gasteiger partial charge in [0.25, 0.3) is 0 Å². The van der Waals surface area contributed by atoms with Crippen LogP contribution in [0.3, 0.4) is 0 Å². The number of allylic oxidation sites excluding steroid dienone is 4. The second kappa shape index (κ2) is 6.07. The molecule has 0 bridgehead atoms. The minimum Gasteiger partial charge on any atom is -0.290 e. The number of ketones is 1. The van der Waals surface area contributed by atoms with Crippen LogP contribution in [0.15, 0.2) is 29.0 Å². The number of carbonyl (C=O) groups excluding carboxylic acids is 2. The molecule has 0 heterocycles. The molecule has 6 unspecified atom stereocenters. The van der Waals surface area contributed by atoms with Crippen molar-refractivity contribution in [3.8, 4) is 0 Å². The maximum atomic E-state index is 17.0. The van der Waals surface area contributed by atoms with E-state index in [1.807, 2.05) is 13.8 Å². The lowest BCUT2D eigenvalue weighted by atomic mass is 9.44. The van der Waals surface area contributed by atoms with Crippen molar-refractivity contribution < 1.29 is 18.4 Å². The summed E-state index contributed by atoms with van der Waals surface area (Å²) in [6.07, 6.45) is 2.98. The lowest BCUT2D eigenvalue weighted by molar-refractivity contribution is -0.152. The summed E-state index contributed by atoms with van der Waals surface area (Å²) in [5, 5.41) is 2.91. The third-order valence-electron chi connectivity index (χ3n) is 8.36. The molecule has 28 heavy (non-hydrogen) atoms. The van der Waals surface area contributed by atoms with Gasteiger partial charge in [0.2, 0.25) is 0 Å². The molecule has 4 nitrogen and oxygen atoms in total. The minimum atomic E-state index is -2.10. The van der Waals surface area contributed by atoms with E-state index in [1.54, 1.807) is 6.92 Å². The van der Waals surface area contributed by atoms with Gasteiger partial charge in [0, 0.05) is 17.3 Å². The quantitative estimate of drug-likeness (QED) is 0.543. The number of alkyl halides is 2. The number of halogens is 2. The van der Waals surface area contributed by atoms with Crippen LogP contribution in [-0.2, 0) is 9.59 Å². The molecule has 9 atom stereocenters. The number of fused-ring (bicyclic) bond motifs is 5. The average Bonchev–Trinajstić information content (AvgIpc) is 2.88. The average molecular weight is 409 g/mol. The first-order valence-corrected chi connectivity index (χ1v) is 10.3. The van der Waals surface area contributed by atoms with Gasteiger partial charge < -0.3 is 0 Å². The van der Waals surface area contributed by atoms with Crippen LogP contribution >= 0.6 is 12.6 Å². The van der Waals surface area contributed by atoms with E-state index in [1.165, 1.54) is 18.2 Å². The van der Waals surface area contributed by atoms with Crippen LogP contribution in [0.1, 0.15) is 40.0 Å². The first-order chi connectivity index (χ1) is 13.0. The monoisotopic (exact) mass is 409 g/mol. The van der Waals surface area contributed by atoms with Crippen LogP contribution in [0.5, 0.6) is 0 Å². The van der Waals surface area contributed by atoms with Crippen molar-refractivity contribution in [2.45, 2.75) is 57.9 Å². The van der Waals surface area contributed by atoms with E-state index in [4.69, 9.17) is 0 Å². The summed E-state index contributed by atoms with van der Waals surface area (Å²) < 4.78 is 32.2. The molecule has 4 aliphatic rings. The number of rotatable bonds is 2. The fraction of sp³-hybridized carbons (Fsp3) is 0.714. The van der Waals surface area contributed by atoms with E-state index in [-0.39, 0.29) is 41.1 Å². The third-order valence-corrected chi connectivity index (χ3v) is 8.64. The summed E-state index contributed by atoms with van der Waals surface area (Å²) in [5.74, 6) is -1.83. The second-order valence-electron chi connectivity index (χ2n) is 9.58. The maximum absolute atomic E-state index is 17.0. The summed E-state index contributed by atoms with van der Waals surface area (Å²) in [4.78, 5) is 36.0. The maximum Gasteiger partial charge on any atom is 0.189 e. The number of thiol groups is 1. The van der Waals surface area contributed by atoms with Crippen molar-refractivity contribution in [1.82, 2.24) is 0 Å². The zero-order valence-corrected chi connectivity index (χ0v) is 17.1. The summed E-state index contributed by atoms with van der Waals surface area (Å²) >= 11 is 4.07. The van der Waals surface area contributed by atoms with Crippen LogP contribution in [-0.4, -0.2) is 28.8 Å². The van der Waals surface area contributed by atoms with Gasteiger partial charge in [-0.2, -0.15) is 4.91 Å². The van der Waals surface area contributed by atoms with E-state index in [2.05, 4.69) is 17.8 Å². The molecular formula is C21H25F2NO3S. The molecule has 0 N–H and O–H groups in total. The van der Waals surface area contributed by atoms with E-state index in [0.29, 0.717) is 6.42 Å². The van der Waals surface area contributed by atoms with Gasteiger partial charge in [-0.25, -0.2) is 8.78 Å². The number of hydrogen-bond acceptors (Lipinski definition) is 4. The number of carbonyl (C=O) groups is 2. The normalized spacial score (nSPS) is 52.4. The SMILES string of the molecule is C[C@@H]1CC2C3C[C@H](F)C4=CC(=O)C=CC4(C)[C@@]3(F)C(N=O)CC2(C)C1C(=O)S. The Morgan fingerprint density at radius 1 is 1.29 bits per heavy atom. The largest absolute Gasteiger partial charge is 0.290 e. The van der Waals surface area contributed by atoms with Gasteiger partial charge in [0.05, 0.1) is 0 Å². The molecule has 0 spiro atoms. The lowest BCUT2D eigenvalue weighted by Gasteiger charge is -2.61. The Morgan fingerprint density at radius 2 is 1.96 bits per heavy atom. The Hall–Kier alpha value is -1.37. The predicted molar refractivity (Wildman–Crippen MR) is 104 cm³/mol. The number of nitroso groups, excluding NO2 is 1. The standard InChI is InChI=1S/C21H25F2NO3S/c1-10-6-12-13-8-15(22)14-7-11(25)4-5-20(14,3)21(13,23)16(24-27)9-19(12,2)17(10)18(26)28/h4-5,7,10,12-13,15-17H,6,8-9H2,1-3H3,(H,26,28)/t10-,12?,13?,15+,16?,17?,19?,20?,21+/m1/s1. The summed E-state index contributed by atoms with van der Waals surface area (Å²) in [7, 11) is 0. The van der Waals surface area contributed by atoms with E-state index < -0.39 is 40.5 Å². The van der Waals surface area contributed by atoms with Gasteiger partial charge in [-0.1, -0.05) is 25.1 Å². The molecule has 0 aromatic heterocycles. The first kappa shape index (κ1) is 19.9. The zero-order chi connectivity index (χ0) is 20.6. The minimum absolute atomic E-state index is 0.0269. The van der Waals surface area contributed by atoms with Gasteiger partial charge in [-0.05, 0) is 61.2 Å². The van der Waals surface area contributed by atoms with Crippen molar-refractivity contribution in [2.75, 3.05) is 0 Å². The fourth-order valence-electron chi connectivity index (χ4n) is 7.21. The first-order valence-electron chi connectivity index (χ1n) is 9.84. The Bertz CT molecular complexity index is 828. The molecule has 0 saturated heterocycles. The molecule has 4 aliphatic carbocycles. The number of hydrogen-bond donors (Lipinski definition) is 1. The Balaban J connectivity index is 1.89. The fourth-order valence-corrected chi connectivity index (χ4v) is 7.76. The lowest BCUT2D eigenvalue weighted by Crippen LogP contribution is -2.67. The molecule has 0 aromatic rings. The van der Waals surface area contributed by atoms with Crippen LogP contribution in [0.2, 0.25) is 0 Å². The molecule has 0 radical (unpaired) electrons. The molecule has 3 fully saturated rings. The second-order valence-corrected chi connectivity index (χ2v) is 10.0. The summed E-state index contributed by atoms with van der Waals surface area (Å²) in [5.41, 5.74) is -4.06. The zero-order valence-electron chi connectivity index (χ0n) is 16.2. The van der Waals surface area contributed by atoms with Crippen LogP contribution in [0.4, 0.5) is 8.78 Å². The molecule has 7 heteroatoms. The van der Waals surface area contributed by atoms with E-state index in [9.17, 15) is 14.5 Å². The van der Waals surface area contributed by atoms with Gasteiger partial charge in [0.15, 0.2) is 16.6 Å². The molecule has 0 aromatic carbocycles. The van der Waals surface area contributed by atoms with Gasteiger partial charge in [-0.3, -0.25) is 9.59 Å². The Labute approximate surface area is 168 Å².